The molecule has 4 aromatic rings. The Morgan fingerprint density at radius 3 is 1.96 bits per heavy atom. The third-order valence-electron chi connectivity index (χ3n) is 4.50. The summed E-state index contributed by atoms with van der Waals surface area (Å²) < 4.78 is 1.05. The van der Waals surface area contributed by atoms with Gasteiger partial charge in [-0.25, -0.2) is 9.36 Å². The van der Waals surface area contributed by atoms with Crippen LogP contribution in [0.3, 0.4) is 0 Å². The average Bonchev–Trinajstić information content (AvgIpc) is 2.62. The van der Waals surface area contributed by atoms with Crippen molar-refractivity contribution in [2.45, 2.75) is 0 Å². The SMILES string of the molecule is N=c1ccc2c(O)n(-c3cc(C(=O)O)ccc3Cl)c(O)c3ccc(=N)c1c23. The van der Waals surface area contributed by atoms with Gasteiger partial charge in [0.15, 0.2) is 0 Å². The fourth-order valence-electron chi connectivity index (χ4n) is 3.25. The summed E-state index contributed by atoms with van der Waals surface area (Å²) in [5.41, 5.74) is 0.0317. The molecule has 0 aliphatic heterocycles. The molecule has 0 fully saturated rings. The van der Waals surface area contributed by atoms with Gasteiger partial charge in [-0.1, -0.05) is 11.6 Å². The summed E-state index contributed by atoms with van der Waals surface area (Å²) in [4.78, 5) is 11.3. The number of benzene rings is 3. The number of pyridine rings is 1. The van der Waals surface area contributed by atoms with E-state index in [0.717, 1.165) is 4.57 Å². The number of hydrogen-bond acceptors (Lipinski definition) is 5. The lowest BCUT2D eigenvalue weighted by molar-refractivity contribution is 0.0696. The lowest BCUT2D eigenvalue weighted by Crippen LogP contribution is -2.13. The van der Waals surface area contributed by atoms with E-state index in [4.69, 9.17) is 22.4 Å². The first-order valence-electron chi connectivity index (χ1n) is 7.79. The van der Waals surface area contributed by atoms with Gasteiger partial charge in [0.2, 0.25) is 11.8 Å². The maximum absolute atomic E-state index is 11.3. The molecule has 0 amide bonds. The standard InChI is InChI=1S/C19H12ClN3O4/c20-11-4-1-8(19(26)27)7-14(11)23-17(24)9-2-5-12(21)16-13(22)6-3-10(15(9)16)18(23)25/h1-7,21-22,24-25H,(H,26,27). The number of aromatic nitrogens is 1. The molecule has 0 saturated heterocycles. The Morgan fingerprint density at radius 1 is 0.889 bits per heavy atom. The van der Waals surface area contributed by atoms with Gasteiger partial charge in [0.1, 0.15) is 0 Å². The van der Waals surface area contributed by atoms with Crippen LogP contribution in [0.1, 0.15) is 10.4 Å². The minimum atomic E-state index is -1.18. The van der Waals surface area contributed by atoms with Gasteiger partial charge in [-0.05, 0) is 42.5 Å². The van der Waals surface area contributed by atoms with Crippen LogP contribution in [0.5, 0.6) is 11.8 Å². The predicted molar refractivity (Wildman–Crippen MR) is 99.0 cm³/mol. The maximum atomic E-state index is 11.3. The van der Waals surface area contributed by atoms with Gasteiger partial charge < -0.3 is 26.1 Å². The zero-order chi connectivity index (χ0) is 19.5. The summed E-state index contributed by atoms with van der Waals surface area (Å²) >= 11 is 6.20. The van der Waals surface area contributed by atoms with E-state index in [1.54, 1.807) is 0 Å². The number of aromatic carboxylic acids is 1. The number of halogens is 1. The van der Waals surface area contributed by atoms with Crippen molar-refractivity contribution in [1.29, 1.82) is 10.8 Å². The van der Waals surface area contributed by atoms with E-state index in [1.807, 2.05) is 0 Å². The van der Waals surface area contributed by atoms with E-state index in [0.29, 0.717) is 21.5 Å². The molecule has 0 bridgehead atoms. The largest absolute Gasteiger partial charge is 0.494 e. The number of rotatable bonds is 2. The smallest absolute Gasteiger partial charge is 0.335 e. The monoisotopic (exact) mass is 381 g/mol. The lowest BCUT2D eigenvalue weighted by atomic mass is 10.0. The van der Waals surface area contributed by atoms with Crippen molar-refractivity contribution < 1.29 is 20.1 Å². The highest BCUT2D eigenvalue weighted by atomic mass is 35.5. The van der Waals surface area contributed by atoms with Crippen LogP contribution in [-0.2, 0) is 0 Å². The molecular weight excluding hydrogens is 370 g/mol. The van der Waals surface area contributed by atoms with Gasteiger partial charge in [-0.15, -0.1) is 0 Å². The normalized spacial score (nSPS) is 11.3. The highest BCUT2D eigenvalue weighted by Gasteiger charge is 2.21. The van der Waals surface area contributed by atoms with Crippen LogP contribution in [0.15, 0.2) is 42.5 Å². The number of carbonyl (C=O) groups is 1. The van der Waals surface area contributed by atoms with Crippen LogP contribution < -0.4 is 10.7 Å². The number of nitrogens with zero attached hydrogens (tertiary/aromatic N) is 1. The maximum Gasteiger partial charge on any atom is 0.335 e. The Bertz CT molecular complexity index is 1310. The molecule has 0 spiro atoms. The van der Waals surface area contributed by atoms with Gasteiger partial charge in [0.05, 0.1) is 27.0 Å². The molecule has 0 radical (unpaired) electrons. The van der Waals surface area contributed by atoms with Gasteiger partial charge in [-0.2, -0.15) is 0 Å². The summed E-state index contributed by atoms with van der Waals surface area (Å²) in [5, 5.41) is 48.6. The topological polar surface area (TPSA) is 130 Å². The van der Waals surface area contributed by atoms with Crippen molar-refractivity contribution >= 4 is 39.1 Å². The molecule has 4 rings (SSSR count). The lowest BCUT2D eigenvalue weighted by Gasteiger charge is -2.18. The van der Waals surface area contributed by atoms with Gasteiger partial charge in [0.25, 0.3) is 0 Å². The van der Waals surface area contributed by atoms with Crippen LogP contribution in [-0.4, -0.2) is 25.9 Å². The summed E-state index contributed by atoms with van der Waals surface area (Å²) in [7, 11) is 0. The van der Waals surface area contributed by atoms with Crippen molar-refractivity contribution in [1.82, 2.24) is 4.57 Å². The molecule has 5 N–H and O–H groups in total. The van der Waals surface area contributed by atoms with Crippen molar-refractivity contribution in [3.8, 4) is 17.4 Å². The van der Waals surface area contributed by atoms with Crippen LogP contribution in [0.4, 0.5) is 0 Å². The van der Waals surface area contributed by atoms with Gasteiger partial charge >= 0.3 is 5.97 Å². The number of nitrogens with one attached hydrogen (secondary N) is 2. The first kappa shape index (κ1) is 16.9. The second-order valence-electron chi connectivity index (χ2n) is 6.03. The minimum absolute atomic E-state index is 0.0612. The van der Waals surface area contributed by atoms with Crippen LogP contribution in [0, 0.1) is 10.8 Å². The van der Waals surface area contributed by atoms with E-state index in [1.165, 1.54) is 42.5 Å². The Kier molecular flexibility index (Phi) is 3.57. The first-order valence-corrected chi connectivity index (χ1v) is 8.17. The molecule has 0 atom stereocenters. The fourth-order valence-corrected chi connectivity index (χ4v) is 3.46. The van der Waals surface area contributed by atoms with E-state index in [9.17, 15) is 20.1 Å². The Balaban J connectivity index is 2.23. The number of hydrogen-bond donors (Lipinski definition) is 5. The molecule has 8 heteroatoms. The highest BCUT2D eigenvalue weighted by Crippen LogP contribution is 2.40. The molecule has 134 valence electrons. The molecule has 7 nitrogen and oxygen atoms in total. The Labute approximate surface area is 156 Å². The van der Waals surface area contributed by atoms with E-state index < -0.39 is 5.97 Å². The zero-order valence-corrected chi connectivity index (χ0v) is 14.4. The number of carboxylic acids is 1. The second kappa shape index (κ2) is 5.72. The molecule has 1 heterocycles. The predicted octanol–water partition coefficient (Wildman–Crippen LogP) is 2.94. The number of carboxylic acid groups (broad SMARTS) is 1. The quantitative estimate of drug-likeness (QED) is 0.365. The van der Waals surface area contributed by atoms with Gasteiger partial charge in [0, 0.05) is 21.5 Å². The summed E-state index contributed by atoms with van der Waals surface area (Å²) in [6, 6.07) is 9.86. The van der Waals surface area contributed by atoms with Crippen LogP contribution in [0.25, 0.3) is 27.2 Å². The zero-order valence-electron chi connectivity index (χ0n) is 13.6. The Hall–Kier alpha value is -3.58. The van der Waals surface area contributed by atoms with Crippen LogP contribution >= 0.6 is 11.6 Å². The molecule has 0 aliphatic rings. The van der Waals surface area contributed by atoms with E-state index in [-0.39, 0.29) is 38.7 Å². The highest BCUT2D eigenvalue weighted by molar-refractivity contribution is 6.32. The Morgan fingerprint density at radius 2 is 1.44 bits per heavy atom. The van der Waals surface area contributed by atoms with E-state index >= 15 is 0 Å². The van der Waals surface area contributed by atoms with Gasteiger partial charge in [-0.3, -0.25) is 0 Å². The summed E-state index contributed by atoms with van der Waals surface area (Å²) in [6.07, 6.45) is 0. The molecule has 0 aliphatic carbocycles. The molecule has 3 aromatic carbocycles. The molecule has 0 unspecified atom stereocenters. The van der Waals surface area contributed by atoms with Crippen molar-refractivity contribution in [3.05, 3.63) is 63.8 Å². The summed E-state index contributed by atoms with van der Waals surface area (Å²) in [5.74, 6) is -1.93. The molecular formula is C19H12ClN3O4. The van der Waals surface area contributed by atoms with E-state index in [2.05, 4.69) is 0 Å². The third kappa shape index (κ3) is 2.32. The molecule has 27 heavy (non-hydrogen) atoms. The van der Waals surface area contributed by atoms with Crippen molar-refractivity contribution in [2.24, 2.45) is 0 Å². The van der Waals surface area contributed by atoms with Crippen LogP contribution in [0.2, 0.25) is 5.02 Å². The minimum Gasteiger partial charge on any atom is -0.494 e. The van der Waals surface area contributed by atoms with Crippen molar-refractivity contribution in [2.75, 3.05) is 0 Å². The molecule has 0 saturated carbocycles. The summed E-state index contributed by atoms with van der Waals surface area (Å²) in [6.45, 7) is 0. The third-order valence-corrected chi connectivity index (χ3v) is 4.82. The first-order chi connectivity index (χ1) is 12.8. The second-order valence-corrected chi connectivity index (χ2v) is 6.43. The van der Waals surface area contributed by atoms with Crippen molar-refractivity contribution in [3.63, 3.8) is 0 Å². The number of aromatic hydroxyl groups is 2. The average molecular weight is 382 g/mol. The molecule has 1 aromatic heterocycles. The fraction of sp³-hybridized carbons (Fsp3) is 0.